The number of hydrogen-bond donors (Lipinski definition) is 0. The molecule has 1 heterocycles. The third-order valence-electron chi connectivity index (χ3n) is 3.01. The van der Waals surface area contributed by atoms with Gasteiger partial charge < -0.3 is 4.74 Å². The second kappa shape index (κ2) is 5.95. The van der Waals surface area contributed by atoms with Gasteiger partial charge in [0.15, 0.2) is 0 Å². The number of nitro benzene ring substituents is 1. The van der Waals surface area contributed by atoms with Crippen molar-refractivity contribution in [1.82, 2.24) is 14.8 Å². The minimum Gasteiger partial charge on any atom is -0.450 e. The van der Waals surface area contributed by atoms with Gasteiger partial charge in [-0.25, -0.2) is 9.67 Å². The molecule has 0 amide bonds. The Morgan fingerprint density at radius 2 is 2.13 bits per heavy atom. The van der Waals surface area contributed by atoms with E-state index >= 15 is 0 Å². The zero-order chi connectivity index (χ0) is 16.2. The van der Waals surface area contributed by atoms with Crippen LogP contribution >= 0.6 is 0 Å². The molecule has 0 aliphatic carbocycles. The van der Waals surface area contributed by atoms with Crippen molar-refractivity contribution in [2.45, 2.75) is 0 Å². The highest BCUT2D eigenvalue weighted by Crippen LogP contribution is 2.32. The quantitative estimate of drug-likeness (QED) is 0.542. The number of hydrogen-bond acceptors (Lipinski definition) is 6. The number of aromatic nitrogens is 3. The van der Waals surface area contributed by atoms with E-state index in [9.17, 15) is 10.1 Å². The number of ether oxygens (including phenoxy) is 1. The number of nitrogens with zero attached hydrogens (tertiary/aromatic N) is 5. The molecule has 8 nitrogen and oxygen atoms in total. The highest BCUT2D eigenvalue weighted by Gasteiger charge is 2.17. The van der Waals surface area contributed by atoms with Crippen LogP contribution in [0.4, 0.5) is 5.69 Å². The van der Waals surface area contributed by atoms with Gasteiger partial charge in [-0.3, -0.25) is 10.1 Å². The molecule has 0 bridgehead atoms. The van der Waals surface area contributed by atoms with Crippen LogP contribution in [0.25, 0.3) is 5.69 Å². The summed E-state index contributed by atoms with van der Waals surface area (Å²) in [4.78, 5) is 14.4. The normalized spacial score (nSPS) is 10.0. The maximum absolute atomic E-state index is 11.1. The van der Waals surface area contributed by atoms with Crippen LogP contribution in [0.5, 0.6) is 11.5 Å². The summed E-state index contributed by atoms with van der Waals surface area (Å²) in [6.45, 7) is 0. The van der Waals surface area contributed by atoms with Crippen molar-refractivity contribution in [3.8, 4) is 23.3 Å². The first-order chi connectivity index (χ1) is 11.2. The fraction of sp³-hybridized carbons (Fsp3) is 0. The van der Waals surface area contributed by atoms with Crippen LogP contribution in [-0.4, -0.2) is 19.7 Å². The van der Waals surface area contributed by atoms with Gasteiger partial charge in [0.05, 0.1) is 22.2 Å². The molecule has 0 spiro atoms. The first-order valence-electron chi connectivity index (χ1n) is 6.49. The summed E-state index contributed by atoms with van der Waals surface area (Å²) < 4.78 is 7.14. The van der Waals surface area contributed by atoms with E-state index in [0.717, 1.165) is 0 Å². The SMILES string of the molecule is N#Cc1ccc(Oc2cccc(-n3cncn3)c2)c([N+](=O)[O-])c1. The summed E-state index contributed by atoms with van der Waals surface area (Å²) in [6.07, 6.45) is 2.93. The van der Waals surface area contributed by atoms with Crippen molar-refractivity contribution in [2.75, 3.05) is 0 Å². The summed E-state index contributed by atoms with van der Waals surface area (Å²) in [7, 11) is 0. The van der Waals surface area contributed by atoms with Gasteiger partial charge in [-0.15, -0.1) is 0 Å². The van der Waals surface area contributed by atoms with E-state index in [1.165, 1.54) is 30.9 Å². The average molecular weight is 307 g/mol. The number of benzene rings is 2. The molecule has 0 saturated carbocycles. The van der Waals surface area contributed by atoms with Gasteiger partial charge in [0.25, 0.3) is 0 Å². The lowest BCUT2D eigenvalue weighted by molar-refractivity contribution is -0.385. The van der Waals surface area contributed by atoms with E-state index in [1.54, 1.807) is 28.9 Å². The summed E-state index contributed by atoms with van der Waals surface area (Å²) in [5.74, 6) is 0.468. The molecule has 3 aromatic rings. The van der Waals surface area contributed by atoms with Crippen LogP contribution in [0.3, 0.4) is 0 Å². The number of nitro groups is 1. The third kappa shape index (κ3) is 2.98. The predicted molar refractivity (Wildman–Crippen MR) is 79.2 cm³/mol. The Morgan fingerprint density at radius 1 is 1.26 bits per heavy atom. The van der Waals surface area contributed by atoms with E-state index in [0.29, 0.717) is 11.4 Å². The molecule has 0 atom stereocenters. The maximum atomic E-state index is 11.1. The van der Waals surface area contributed by atoms with Crippen molar-refractivity contribution in [2.24, 2.45) is 0 Å². The van der Waals surface area contributed by atoms with E-state index in [2.05, 4.69) is 10.1 Å². The standard InChI is InChI=1S/C15H9N5O3/c16-8-11-4-5-15(14(6-11)20(21)22)23-13-3-1-2-12(7-13)19-10-17-9-18-19/h1-7,9-10H. The van der Waals surface area contributed by atoms with Crippen molar-refractivity contribution in [3.05, 3.63) is 70.8 Å². The van der Waals surface area contributed by atoms with Gasteiger partial charge in [-0.05, 0) is 24.3 Å². The summed E-state index contributed by atoms with van der Waals surface area (Å²) >= 11 is 0. The van der Waals surface area contributed by atoms with Crippen LogP contribution in [0.15, 0.2) is 55.1 Å². The van der Waals surface area contributed by atoms with Crippen LogP contribution < -0.4 is 4.74 Å². The molecule has 112 valence electrons. The molecule has 0 N–H and O–H groups in total. The molecular weight excluding hydrogens is 298 g/mol. The molecule has 8 heteroatoms. The van der Waals surface area contributed by atoms with Crippen LogP contribution in [-0.2, 0) is 0 Å². The Hall–Kier alpha value is -3.73. The zero-order valence-corrected chi connectivity index (χ0v) is 11.7. The average Bonchev–Trinajstić information content (AvgIpc) is 3.10. The second-order valence-electron chi connectivity index (χ2n) is 4.49. The second-order valence-corrected chi connectivity index (χ2v) is 4.49. The van der Waals surface area contributed by atoms with Gasteiger partial charge in [0.2, 0.25) is 5.75 Å². The first kappa shape index (κ1) is 14.2. The zero-order valence-electron chi connectivity index (χ0n) is 11.7. The predicted octanol–water partition coefficient (Wildman–Crippen LogP) is 2.84. The number of rotatable bonds is 4. The van der Waals surface area contributed by atoms with E-state index in [1.807, 2.05) is 6.07 Å². The Labute approximate surface area is 130 Å². The lowest BCUT2D eigenvalue weighted by atomic mass is 10.2. The highest BCUT2D eigenvalue weighted by atomic mass is 16.6. The summed E-state index contributed by atoms with van der Waals surface area (Å²) in [5, 5.41) is 24.0. The summed E-state index contributed by atoms with van der Waals surface area (Å²) in [6, 6.07) is 12.8. The third-order valence-corrected chi connectivity index (χ3v) is 3.01. The molecule has 0 aliphatic rings. The Morgan fingerprint density at radius 3 is 2.83 bits per heavy atom. The minimum absolute atomic E-state index is 0.0599. The molecule has 0 aliphatic heterocycles. The lowest BCUT2D eigenvalue weighted by Gasteiger charge is -2.08. The van der Waals surface area contributed by atoms with Gasteiger partial charge in [-0.2, -0.15) is 10.4 Å². The number of nitriles is 1. The smallest absolute Gasteiger partial charge is 0.312 e. The molecular formula is C15H9N5O3. The van der Waals surface area contributed by atoms with Crippen LogP contribution in [0, 0.1) is 21.4 Å². The monoisotopic (exact) mass is 307 g/mol. The molecule has 0 radical (unpaired) electrons. The lowest BCUT2D eigenvalue weighted by Crippen LogP contribution is -1.96. The fourth-order valence-corrected chi connectivity index (χ4v) is 1.97. The Balaban J connectivity index is 1.95. The Bertz CT molecular complexity index is 900. The first-order valence-corrected chi connectivity index (χ1v) is 6.49. The van der Waals surface area contributed by atoms with Crippen molar-refractivity contribution in [1.29, 1.82) is 5.26 Å². The topological polar surface area (TPSA) is 107 Å². The van der Waals surface area contributed by atoms with Gasteiger partial charge in [0, 0.05) is 12.1 Å². The molecule has 3 rings (SSSR count). The van der Waals surface area contributed by atoms with Crippen molar-refractivity contribution < 1.29 is 9.66 Å². The van der Waals surface area contributed by atoms with E-state index in [-0.39, 0.29) is 17.0 Å². The molecule has 1 aromatic heterocycles. The van der Waals surface area contributed by atoms with Gasteiger partial charge >= 0.3 is 5.69 Å². The largest absolute Gasteiger partial charge is 0.450 e. The minimum atomic E-state index is -0.586. The van der Waals surface area contributed by atoms with Gasteiger partial charge in [-0.1, -0.05) is 6.07 Å². The van der Waals surface area contributed by atoms with Crippen LogP contribution in [0.1, 0.15) is 5.56 Å². The Kier molecular flexibility index (Phi) is 3.68. The van der Waals surface area contributed by atoms with Crippen molar-refractivity contribution >= 4 is 5.69 Å². The molecule has 2 aromatic carbocycles. The maximum Gasteiger partial charge on any atom is 0.312 e. The van der Waals surface area contributed by atoms with Crippen LogP contribution in [0.2, 0.25) is 0 Å². The fourth-order valence-electron chi connectivity index (χ4n) is 1.97. The molecule has 0 fully saturated rings. The summed E-state index contributed by atoms with van der Waals surface area (Å²) in [5.41, 5.74) is 0.631. The molecule has 23 heavy (non-hydrogen) atoms. The van der Waals surface area contributed by atoms with Crippen molar-refractivity contribution in [3.63, 3.8) is 0 Å². The van der Waals surface area contributed by atoms with E-state index < -0.39 is 4.92 Å². The molecule has 0 unspecified atom stereocenters. The van der Waals surface area contributed by atoms with Gasteiger partial charge in [0.1, 0.15) is 18.4 Å². The molecule has 0 saturated heterocycles. The van der Waals surface area contributed by atoms with E-state index in [4.69, 9.17) is 10.00 Å². The highest BCUT2D eigenvalue weighted by molar-refractivity contribution is 5.53.